The lowest BCUT2D eigenvalue weighted by molar-refractivity contribution is -0.141. The number of benzene rings is 1. The topological polar surface area (TPSA) is 76.1 Å². The van der Waals surface area contributed by atoms with E-state index in [1.807, 2.05) is 0 Å². The molecule has 0 aliphatic carbocycles. The summed E-state index contributed by atoms with van der Waals surface area (Å²) in [7, 11) is 1.59. The highest BCUT2D eigenvalue weighted by Crippen LogP contribution is 2.19. The van der Waals surface area contributed by atoms with E-state index in [0.717, 1.165) is 5.75 Å². The maximum Gasteiger partial charge on any atom is 0.308 e. The average molecular weight is 293 g/mol. The van der Waals surface area contributed by atoms with Crippen LogP contribution in [0.3, 0.4) is 0 Å². The van der Waals surface area contributed by atoms with E-state index < -0.39 is 11.9 Å². The third kappa shape index (κ3) is 4.11. The summed E-state index contributed by atoms with van der Waals surface area (Å²) in [4.78, 5) is 24.4. The molecule has 0 spiro atoms. The summed E-state index contributed by atoms with van der Waals surface area (Å²) in [6.07, 6.45) is 0.777. The number of amides is 1. The van der Waals surface area contributed by atoms with Crippen molar-refractivity contribution in [2.75, 3.05) is 26.8 Å². The quantitative estimate of drug-likeness (QED) is 0.858. The summed E-state index contributed by atoms with van der Waals surface area (Å²) in [6, 6.07) is 7.13. The Morgan fingerprint density at radius 1 is 1.29 bits per heavy atom. The third-order valence-corrected chi connectivity index (χ3v) is 3.53. The number of ether oxygens (including phenoxy) is 2. The van der Waals surface area contributed by atoms with Crippen molar-refractivity contribution in [2.24, 2.45) is 5.92 Å². The first-order valence-corrected chi connectivity index (χ1v) is 6.87. The number of likely N-dealkylation sites (tertiary alicyclic amines) is 1. The van der Waals surface area contributed by atoms with Crippen LogP contribution in [0.2, 0.25) is 0 Å². The van der Waals surface area contributed by atoms with Gasteiger partial charge in [0.15, 0.2) is 0 Å². The monoisotopic (exact) mass is 293 g/mol. The maximum atomic E-state index is 11.9. The molecule has 1 aliphatic heterocycles. The van der Waals surface area contributed by atoms with Gasteiger partial charge in [0.25, 0.3) is 0 Å². The fraction of sp³-hybridized carbons (Fsp3) is 0.467. The van der Waals surface area contributed by atoms with Crippen molar-refractivity contribution in [3.05, 3.63) is 24.3 Å². The van der Waals surface area contributed by atoms with E-state index in [0.29, 0.717) is 25.3 Å². The van der Waals surface area contributed by atoms with Crippen LogP contribution in [0.25, 0.3) is 0 Å². The average Bonchev–Trinajstić information content (AvgIpc) is 2.98. The van der Waals surface area contributed by atoms with Crippen LogP contribution in [0.1, 0.15) is 12.8 Å². The van der Waals surface area contributed by atoms with Gasteiger partial charge in [-0.2, -0.15) is 0 Å². The normalized spacial score (nSPS) is 17.6. The molecule has 1 heterocycles. The first-order valence-electron chi connectivity index (χ1n) is 6.87. The van der Waals surface area contributed by atoms with Crippen molar-refractivity contribution in [2.45, 2.75) is 12.8 Å². The van der Waals surface area contributed by atoms with Gasteiger partial charge >= 0.3 is 5.97 Å². The number of hydrogen-bond donors (Lipinski definition) is 1. The molecule has 1 unspecified atom stereocenters. The number of rotatable bonds is 6. The number of hydrogen-bond acceptors (Lipinski definition) is 4. The SMILES string of the molecule is COc1ccc(OCCC(=O)N2CCC(C(=O)O)C2)cc1. The van der Waals surface area contributed by atoms with Gasteiger partial charge in [-0.25, -0.2) is 0 Å². The number of carbonyl (C=O) groups is 2. The van der Waals surface area contributed by atoms with Crippen molar-refractivity contribution >= 4 is 11.9 Å². The molecule has 6 heteroatoms. The van der Waals surface area contributed by atoms with E-state index in [2.05, 4.69) is 0 Å². The molecule has 1 atom stereocenters. The lowest BCUT2D eigenvalue weighted by atomic mass is 10.1. The smallest absolute Gasteiger partial charge is 0.308 e. The van der Waals surface area contributed by atoms with E-state index in [1.54, 1.807) is 36.3 Å². The zero-order chi connectivity index (χ0) is 15.2. The predicted octanol–water partition coefficient (Wildman–Crippen LogP) is 1.40. The molecular weight excluding hydrogens is 274 g/mol. The fourth-order valence-electron chi connectivity index (χ4n) is 2.27. The third-order valence-electron chi connectivity index (χ3n) is 3.53. The van der Waals surface area contributed by atoms with E-state index >= 15 is 0 Å². The highest BCUT2D eigenvalue weighted by molar-refractivity contribution is 5.78. The van der Waals surface area contributed by atoms with Gasteiger partial charge in [0, 0.05) is 13.1 Å². The van der Waals surface area contributed by atoms with Gasteiger partial charge in [0.2, 0.25) is 5.91 Å². The summed E-state index contributed by atoms with van der Waals surface area (Å²) in [5.41, 5.74) is 0. The Bertz CT molecular complexity index is 499. The second-order valence-electron chi connectivity index (χ2n) is 4.94. The summed E-state index contributed by atoms with van der Waals surface area (Å²) < 4.78 is 10.5. The molecule has 6 nitrogen and oxygen atoms in total. The number of aliphatic carboxylic acids is 1. The number of nitrogens with zero attached hydrogens (tertiary/aromatic N) is 1. The Balaban J connectivity index is 1.73. The van der Waals surface area contributed by atoms with Gasteiger partial charge < -0.3 is 19.5 Å². The Morgan fingerprint density at radius 2 is 1.95 bits per heavy atom. The van der Waals surface area contributed by atoms with Crippen LogP contribution in [-0.4, -0.2) is 48.7 Å². The van der Waals surface area contributed by atoms with E-state index in [4.69, 9.17) is 14.6 Å². The predicted molar refractivity (Wildman–Crippen MR) is 75.4 cm³/mol. The van der Waals surface area contributed by atoms with Crippen LogP contribution in [0.15, 0.2) is 24.3 Å². The van der Waals surface area contributed by atoms with Crippen LogP contribution in [0.4, 0.5) is 0 Å². The van der Waals surface area contributed by atoms with Crippen molar-refractivity contribution < 1.29 is 24.2 Å². The molecule has 1 aromatic rings. The van der Waals surface area contributed by atoms with E-state index in [1.165, 1.54) is 0 Å². The Hall–Kier alpha value is -2.24. The van der Waals surface area contributed by atoms with Crippen molar-refractivity contribution in [3.8, 4) is 11.5 Å². The minimum atomic E-state index is -0.834. The number of carboxylic acids is 1. The molecule has 0 bridgehead atoms. The van der Waals surface area contributed by atoms with Gasteiger partial charge in [0.1, 0.15) is 11.5 Å². The van der Waals surface area contributed by atoms with Crippen LogP contribution < -0.4 is 9.47 Å². The van der Waals surface area contributed by atoms with Gasteiger partial charge in [-0.15, -0.1) is 0 Å². The van der Waals surface area contributed by atoms with Gasteiger partial charge in [-0.1, -0.05) is 0 Å². The zero-order valence-electron chi connectivity index (χ0n) is 11.9. The lowest BCUT2D eigenvalue weighted by Gasteiger charge is -2.16. The number of methoxy groups -OCH3 is 1. The van der Waals surface area contributed by atoms with Crippen LogP contribution in [0, 0.1) is 5.92 Å². The van der Waals surface area contributed by atoms with Crippen LogP contribution in [-0.2, 0) is 9.59 Å². The molecule has 1 fully saturated rings. The summed E-state index contributed by atoms with van der Waals surface area (Å²) in [5.74, 6) is 0.0899. The first kappa shape index (κ1) is 15.2. The standard InChI is InChI=1S/C15H19NO5/c1-20-12-2-4-13(5-3-12)21-9-7-14(17)16-8-6-11(10-16)15(18)19/h2-5,11H,6-10H2,1H3,(H,18,19). The van der Waals surface area contributed by atoms with Crippen LogP contribution >= 0.6 is 0 Å². The summed E-state index contributed by atoms with van der Waals surface area (Å²) in [6.45, 7) is 1.09. The highest BCUT2D eigenvalue weighted by Gasteiger charge is 2.30. The molecule has 2 rings (SSSR count). The Morgan fingerprint density at radius 3 is 2.52 bits per heavy atom. The van der Waals surface area contributed by atoms with Gasteiger partial charge in [-0.05, 0) is 30.7 Å². The van der Waals surface area contributed by atoms with Crippen LogP contribution in [0.5, 0.6) is 11.5 Å². The Labute approximate surface area is 123 Å². The minimum Gasteiger partial charge on any atom is -0.497 e. The molecule has 1 N–H and O–H groups in total. The molecule has 0 saturated carbocycles. The first-order chi connectivity index (χ1) is 10.1. The van der Waals surface area contributed by atoms with Gasteiger partial charge in [-0.3, -0.25) is 9.59 Å². The van der Waals surface area contributed by atoms with Crippen molar-refractivity contribution in [1.29, 1.82) is 0 Å². The molecule has 1 aromatic carbocycles. The summed E-state index contributed by atoms with van der Waals surface area (Å²) >= 11 is 0. The largest absolute Gasteiger partial charge is 0.497 e. The van der Waals surface area contributed by atoms with Crippen molar-refractivity contribution in [1.82, 2.24) is 4.90 Å². The molecule has 0 radical (unpaired) electrons. The molecule has 114 valence electrons. The lowest BCUT2D eigenvalue weighted by Crippen LogP contribution is -2.30. The number of carboxylic acid groups (broad SMARTS) is 1. The zero-order valence-corrected chi connectivity index (χ0v) is 11.9. The molecule has 1 aliphatic rings. The molecular formula is C15H19NO5. The van der Waals surface area contributed by atoms with Gasteiger partial charge in [0.05, 0.1) is 26.1 Å². The second kappa shape index (κ2) is 6.97. The molecule has 21 heavy (non-hydrogen) atoms. The van der Waals surface area contributed by atoms with Crippen molar-refractivity contribution in [3.63, 3.8) is 0 Å². The maximum absolute atomic E-state index is 11.9. The number of carbonyl (C=O) groups excluding carboxylic acids is 1. The molecule has 0 aromatic heterocycles. The minimum absolute atomic E-state index is 0.0627. The second-order valence-corrected chi connectivity index (χ2v) is 4.94. The highest BCUT2D eigenvalue weighted by atomic mass is 16.5. The van der Waals surface area contributed by atoms with E-state index in [-0.39, 0.29) is 18.9 Å². The molecule has 1 amide bonds. The summed E-state index contributed by atoms with van der Waals surface area (Å²) in [5, 5.41) is 8.91. The van der Waals surface area contributed by atoms with E-state index in [9.17, 15) is 9.59 Å². The fourth-order valence-corrected chi connectivity index (χ4v) is 2.27. The molecule has 1 saturated heterocycles. The Kier molecular flexibility index (Phi) is 5.03.